The maximum Gasteiger partial charge on any atom is 0.213 e. The Bertz CT molecular complexity index is 513. The molecule has 0 aromatic carbocycles. The van der Waals surface area contributed by atoms with Gasteiger partial charge < -0.3 is 15.5 Å². The number of hydrogen-bond acceptors (Lipinski definition) is 6. The summed E-state index contributed by atoms with van der Waals surface area (Å²) in [4.78, 5) is 11.9. The summed E-state index contributed by atoms with van der Waals surface area (Å²) in [7, 11) is 0. The van der Waals surface area contributed by atoms with Gasteiger partial charge in [-0.05, 0) is 0 Å². The van der Waals surface area contributed by atoms with Gasteiger partial charge in [0.25, 0.3) is 0 Å². The number of nitrogens with two attached hydrogens (primary N) is 1. The number of nitrogens with one attached hydrogen (secondary N) is 1. The largest absolute Gasteiger partial charge is 0.444 e. The minimum atomic E-state index is 0.241. The van der Waals surface area contributed by atoms with Crippen LogP contribution in [0.2, 0.25) is 5.02 Å². The number of halogens is 1. The molecule has 0 atom stereocenters. The fourth-order valence-corrected chi connectivity index (χ4v) is 1.42. The zero-order chi connectivity index (χ0) is 12.3. The molecule has 0 fully saturated rings. The number of nitrogen functional groups attached to an aromatic ring is 1. The van der Waals surface area contributed by atoms with Crippen LogP contribution in [0.25, 0.3) is 0 Å². The van der Waals surface area contributed by atoms with Crippen molar-refractivity contribution >= 4 is 23.2 Å². The molecule has 17 heavy (non-hydrogen) atoms. The van der Waals surface area contributed by atoms with E-state index >= 15 is 0 Å². The second kappa shape index (κ2) is 5.01. The summed E-state index contributed by atoms with van der Waals surface area (Å²) < 4.78 is 5.43. The number of nitrogens with zero attached hydrogens (tertiary/aromatic N) is 3. The first-order chi connectivity index (χ1) is 8.20. The Morgan fingerprint density at radius 1 is 1.41 bits per heavy atom. The number of hydrogen-bond donors (Lipinski definition) is 2. The first-order valence-corrected chi connectivity index (χ1v) is 5.52. The zero-order valence-electron chi connectivity index (χ0n) is 9.27. The number of rotatable bonds is 4. The Morgan fingerprint density at radius 2 is 2.24 bits per heavy atom. The molecule has 2 rings (SSSR count). The lowest BCUT2D eigenvalue weighted by molar-refractivity contribution is 0.465. The molecule has 0 aliphatic carbocycles. The van der Waals surface area contributed by atoms with Crippen LogP contribution in [0, 0.1) is 0 Å². The van der Waals surface area contributed by atoms with Gasteiger partial charge in [0.15, 0.2) is 5.82 Å². The van der Waals surface area contributed by atoms with E-state index in [1.807, 2.05) is 6.92 Å². The fourth-order valence-electron chi connectivity index (χ4n) is 1.26. The summed E-state index contributed by atoms with van der Waals surface area (Å²) in [5.74, 6) is 2.13. The van der Waals surface area contributed by atoms with Gasteiger partial charge in [-0.3, -0.25) is 0 Å². The second-order valence-corrected chi connectivity index (χ2v) is 3.73. The molecule has 0 spiro atoms. The molecule has 0 aliphatic heterocycles. The van der Waals surface area contributed by atoms with Crippen molar-refractivity contribution in [3.05, 3.63) is 29.2 Å². The van der Waals surface area contributed by atoms with Crippen LogP contribution in [0.5, 0.6) is 0 Å². The summed E-state index contributed by atoms with van der Waals surface area (Å²) >= 11 is 5.93. The molecule has 0 unspecified atom stereocenters. The van der Waals surface area contributed by atoms with Gasteiger partial charge in [-0.1, -0.05) is 18.5 Å². The number of anilines is 2. The second-order valence-electron chi connectivity index (χ2n) is 3.35. The highest BCUT2D eigenvalue weighted by atomic mass is 35.5. The van der Waals surface area contributed by atoms with Crippen molar-refractivity contribution in [2.75, 3.05) is 11.1 Å². The molecule has 3 N–H and O–H groups in total. The van der Waals surface area contributed by atoms with Crippen molar-refractivity contribution in [3.8, 4) is 0 Å². The van der Waals surface area contributed by atoms with Crippen molar-refractivity contribution in [3.63, 3.8) is 0 Å². The third-order valence-corrected chi connectivity index (χ3v) is 2.55. The Kier molecular flexibility index (Phi) is 3.43. The molecule has 0 saturated heterocycles. The standard InChI is InChI=1S/C10H12ClN5O/c1-2-6-3-13-7(17-6)4-14-10-8(11)9(12)15-5-16-10/h3,5H,2,4H2,1H3,(H3,12,14,15,16). The quantitative estimate of drug-likeness (QED) is 0.865. The van der Waals surface area contributed by atoms with Crippen LogP contribution in [0.4, 0.5) is 11.6 Å². The molecule has 2 aromatic heterocycles. The third kappa shape index (κ3) is 2.65. The van der Waals surface area contributed by atoms with E-state index in [0.717, 1.165) is 12.2 Å². The zero-order valence-corrected chi connectivity index (χ0v) is 10.0. The average Bonchev–Trinajstić information content (AvgIpc) is 2.79. The summed E-state index contributed by atoms with van der Waals surface area (Å²) in [6.07, 6.45) is 3.86. The minimum absolute atomic E-state index is 0.241. The molecule has 0 aliphatic rings. The lowest BCUT2D eigenvalue weighted by Crippen LogP contribution is -2.04. The topological polar surface area (TPSA) is 89.9 Å². The van der Waals surface area contributed by atoms with Gasteiger partial charge in [-0.2, -0.15) is 0 Å². The normalized spacial score (nSPS) is 10.5. The maximum atomic E-state index is 5.93. The Labute approximate surface area is 103 Å². The summed E-state index contributed by atoms with van der Waals surface area (Å²) in [5.41, 5.74) is 5.55. The first-order valence-electron chi connectivity index (χ1n) is 5.14. The van der Waals surface area contributed by atoms with E-state index in [1.54, 1.807) is 6.20 Å². The van der Waals surface area contributed by atoms with Crippen molar-refractivity contribution in [2.45, 2.75) is 19.9 Å². The van der Waals surface area contributed by atoms with Gasteiger partial charge in [-0.15, -0.1) is 0 Å². The van der Waals surface area contributed by atoms with Gasteiger partial charge in [0.05, 0.1) is 12.7 Å². The summed E-state index contributed by atoms with van der Waals surface area (Å²) in [6, 6.07) is 0. The van der Waals surface area contributed by atoms with Crippen LogP contribution in [-0.4, -0.2) is 15.0 Å². The molecule has 90 valence electrons. The first kappa shape index (κ1) is 11.7. The van der Waals surface area contributed by atoms with E-state index in [0.29, 0.717) is 23.3 Å². The van der Waals surface area contributed by atoms with Crippen LogP contribution in [-0.2, 0) is 13.0 Å². The highest BCUT2D eigenvalue weighted by molar-refractivity contribution is 6.35. The van der Waals surface area contributed by atoms with Crippen molar-refractivity contribution in [1.82, 2.24) is 15.0 Å². The van der Waals surface area contributed by atoms with Gasteiger partial charge in [-0.25, -0.2) is 15.0 Å². The van der Waals surface area contributed by atoms with Gasteiger partial charge in [0.2, 0.25) is 5.89 Å². The fraction of sp³-hybridized carbons (Fsp3) is 0.300. The maximum absolute atomic E-state index is 5.93. The van der Waals surface area contributed by atoms with Crippen LogP contribution < -0.4 is 11.1 Å². The molecule has 7 heteroatoms. The van der Waals surface area contributed by atoms with Crippen molar-refractivity contribution in [2.24, 2.45) is 0 Å². The van der Waals surface area contributed by atoms with E-state index in [2.05, 4.69) is 20.3 Å². The van der Waals surface area contributed by atoms with Crippen LogP contribution in [0.1, 0.15) is 18.6 Å². The van der Waals surface area contributed by atoms with Gasteiger partial charge >= 0.3 is 0 Å². The molecule has 6 nitrogen and oxygen atoms in total. The number of oxazole rings is 1. The van der Waals surface area contributed by atoms with E-state index in [1.165, 1.54) is 6.33 Å². The van der Waals surface area contributed by atoms with Crippen LogP contribution >= 0.6 is 11.6 Å². The van der Waals surface area contributed by atoms with E-state index in [9.17, 15) is 0 Å². The molecule has 0 radical (unpaired) electrons. The van der Waals surface area contributed by atoms with Gasteiger partial charge in [0, 0.05) is 6.42 Å². The number of aryl methyl sites for hydroxylation is 1. The molecule has 0 amide bonds. The van der Waals surface area contributed by atoms with Crippen molar-refractivity contribution < 1.29 is 4.42 Å². The number of aromatic nitrogens is 3. The molecular formula is C10H12ClN5O. The predicted octanol–water partition coefficient (Wildman–Crippen LogP) is 1.87. The lowest BCUT2D eigenvalue weighted by atomic mass is 10.4. The van der Waals surface area contributed by atoms with E-state index in [4.69, 9.17) is 21.8 Å². The smallest absolute Gasteiger partial charge is 0.213 e. The molecule has 2 aromatic rings. The summed E-state index contributed by atoms with van der Waals surface area (Å²) in [5, 5.41) is 3.29. The minimum Gasteiger partial charge on any atom is -0.444 e. The molecular weight excluding hydrogens is 242 g/mol. The van der Waals surface area contributed by atoms with E-state index in [-0.39, 0.29) is 5.82 Å². The van der Waals surface area contributed by atoms with Crippen molar-refractivity contribution in [1.29, 1.82) is 0 Å². The molecule has 0 bridgehead atoms. The highest BCUT2D eigenvalue weighted by Gasteiger charge is 2.07. The summed E-state index contributed by atoms with van der Waals surface area (Å²) in [6.45, 7) is 2.40. The third-order valence-electron chi connectivity index (χ3n) is 2.17. The predicted molar refractivity (Wildman–Crippen MR) is 64.7 cm³/mol. The van der Waals surface area contributed by atoms with Crippen LogP contribution in [0.15, 0.2) is 16.9 Å². The average molecular weight is 254 g/mol. The van der Waals surface area contributed by atoms with Crippen LogP contribution in [0.3, 0.4) is 0 Å². The Balaban J connectivity index is 2.04. The monoisotopic (exact) mass is 253 g/mol. The highest BCUT2D eigenvalue weighted by Crippen LogP contribution is 2.23. The SMILES string of the molecule is CCc1cnc(CNc2ncnc(N)c2Cl)o1. The lowest BCUT2D eigenvalue weighted by Gasteiger charge is -2.05. The van der Waals surface area contributed by atoms with E-state index < -0.39 is 0 Å². The Hall–Kier alpha value is -1.82. The Morgan fingerprint density at radius 3 is 2.94 bits per heavy atom. The van der Waals surface area contributed by atoms with Gasteiger partial charge in [0.1, 0.15) is 22.9 Å². The molecule has 0 saturated carbocycles. The molecule has 2 heterocycles.